The number of anilines is 1. The lowest BCUT2D eigenvalue weighted by atomic mass is 10.1. The molecule has 1 N–H and O–H groups in total. The number of aryl methyl sites for hydroxylation is 2. The van der Waals surface area contributed by atoms with E-state index in [1.54, 1.807) is 12.1 Å². The lowest BCUT2D eigenvalue weighted by molar-refractivity contribution is 0.0605. The third-order valence-electron chi connectivity index (χ3n) is 2.81. The molecule has 2 rings (SSSR count). The average molecular weight is 289 g/mol. The molecule has 0 bridgehead atoms. The van der Waals surface area contributed by atoms with Crippen LogP contribution in [0.5, 0.6) is 0 Å². The number of hydrogen-bond acceptors (Lipinski definition) is 4. The number of thiophene rings is 1. The van der Waals surface area contributed by atoms with E-state index in [0.717, 1.165) is 11.1 Å². The van der Waals surface area contributed by atoms with Gasteiger partial charge in [0.1, 0.15) is 4.88 Å². The van der Waals surface area contributed by atoms with E-state index in [1.165, 1.54) is 18.4 Å². The molecular weight excluding hydrogens is 274 g/mol. The number of methoxy groups -OCH3 is 1. The molecule has 0 aliphatic rings. The molecule has 4 nitrogen and oxygen atoms in total. The summed E-state index contributed by atoms with van der Waals surface area (Å²) in [5.74, 6) is -0.574. The number of esters is 1. The minimum absolute atomic E-state index is 0.189. The largest absolute Gasteiger partial charge is 0.465 e. The lowest BCUT2D eigenvalue weighted by Crippen LogP contribution is -2.10. The number of amides is 1. The molecule has 0 spiro atoms. The fourth-order valence-electron chi connectivity index (χ4n) is 1.81. The maximum atomic E-state index is 12.1. The van der Waals surface area contributed by atoms with Gasteiger partial charge in [-0.3, -0.25) is 4.79 Å². The molecule has 5 heteroatoms. The number of ether oxygens (including phenoxy) is 1. The van der Waals surface area contributed by atoms with Crippen LogP contribution in [-0.4, -0.2) is 19.0 Å². The molecular formula is C15H15NO3S. The van der Waals surface area contributed by atoms with Gasteiger partial charge in [-0.1, -0.05) is 17.7 Å². The van der Waals surface area contributed by atoms with Crippen molar-refractivity contribution in [3.8, 4) is 0 Å². The fourth-order valence-corrected chi connectivity index (χ4v) is 2.80. The van der Waals surface area contributed by atoms with Crippen LogP contribution < -0.4 is 5.32 Å². The number of carbonyl (C=O) groups is 2. The molecule has 1 heterocycles. The molecule has 1 aromatic heterocycles. The van der Waals surface area contributed by atoms with Gasteiger partial charge in [0.15, 0.2) is 0 Å². The summed E-state index contributed by atoms with van der Waals surface area (Å²) in [6.45, 7) is 3.74. The van der Waals surface area contributed by atoms with E-state index in [2.05, 4.69) is 5.32 Å². The number of benzene rings is 1. The molecule has 1 aromatic carbocycles. The molecule has 0 radical (unpaired) electrons. The van der Waals surface area contributed by atoms with Crippen LogP contribution in [0.15, 0.2) is 30.3 Å². The molecule has 0 atom stereocenters. The summed E-state index contributed by atoms with van der Waals surface area (Å²) in [5.41, 5.74) is 2.41. The second kappa shape index (κ2) is 5.88. The van der Waals surface area contributed by atoms with Crippen LogP contribution in [0.1, 0.15) is 31.2 Å². The van der Waals surface area contributed by atoms with Gasteiger partial charge in [-0.15, -0.1) is 11.3 Å². The van der Waals surface area contributed by atoms with Crippen LogP contribution in [0, 0.1) is 13.8 Å². The third kappa shape index (κ3) is 3.05. The van der Waals surface area contributed by atoms with E-state index < -0.39 is 0 Å². The summed E-state index contributed by atoms with van der Waals surface area (Å²) in [5, 5.41) is 3.43. The van der Waals surface area contributed by atoms with Gasteiger partial charge in [-0.25, -0.2) is 4.79 Å². The standard InChI is InChI=1S/C15H15NO3S/c1-9-5-4-6-11(7-9)14(17)16-12-8-10(2)13(20-12)15(18)19-3/h4-8H,1-3H3,(H,16,17). The molecule has 20 heavy (non-hydrogen) atoms. The first kappa shape index (κ1) is 14.3. The van der Waals surface area contributed by atoms with Crippen LogP contribution >= 0.6 is 11.3 Å². The van der Waals surface area contributed by atoms with E-state index in [9.17, 15) is 9.59 Å². The van der Waals surface area contributed by atoms with Gasteiger partial charge in [-0.05, 0) is 37.6 Å². The van der Waals surface area contributed by atoms with Crippen LogP contribution in [0.4, 0.5) is 5.00 Å². The highest BCUT2D eigenvalue weighted by molar-refractivity contribution is 7.18. The molecule has 0 fully saturated rings. The Hall–Kier alpha value is -2.14. The van der Waals surface area contributed by atoms with Crippen molar-refractivity contribution in [2.45, 2.75) is 13.8 Å². The molecule has 1 amide bonds. The second-order valence-corrected chi connectivity index (χ2v) is 5.49. The Morgan fingerprint density at radius 2 is 1.95 bits per heavy atom. The molecule has 0 saturated carbocycles. The van der Waals surface area contributed by atoms with Crippen molar-refractivity contribution in [2.75, 3.05) is 12.4 Å². The van der Waals surface area contributed by atoms with E-state index in [1.807, 2.05) is 32.0 Å². The van der Waals surface area contributed by atoms with Gasteiger partial charge in [-0.2, -0.15) is 0 Å². The van der Waals surface area contributed by atoms with Gasteiger partial charge in [0, 0.05) is 5.56 Å². The maximum absolute atomic E-state index is 12.1. The minimum Gasteiger partial charge on any atom is -0.465 e. The summed E-state index contributed by atoms with van der Waals surface area (Å²) >= 11 is 1.21. The van der Waals surface area contributed by atoms with E-state index in [-0.39, 0.29) is 11.9 Å². The fraction of sp³-hybridized carbons (Fsp3) is 0.200. The summed E-state index contributed by atoms with van der Waals surface area (Å²) < 4.78 is 4.69. The van der Waals surface area contributed by atoms with E-state index in [0.29, 0.717) is 15.4 Å². The summed E-state index contributed by atoms with van der Waals surface area (Å²) in [6.07, 6.45) is 0. The number of nitrogens with one attached hydrogen (secondary N) is 1. The Balaban J connectivity index is 2.18. The van der Waals surface area contributed by atoms with Crippen LogP contribution in [-0.2, 0) is 4.74 Å². The van der Waals surface area contributed by atoms with Gasteiger partial charge in [0.05, 0.1) is 12.1 Å². The molecule has 104 valence electrons. The van der Waals surface area contributed by atoms with Crippen molar-refractivity contribution in [2.24, 2.45) is 0 Å². The predicted octanol–water partition coefficient (Wildman–Crippen LogP) is 3.40. The molecule has 2 aromatic rings. The van der Waals surface area contributed by atoms with Crippen molar-refractivity contribution < 1.29 is 14.3 Å². The Labute approximate surface area is 121 Å². The molecule has 0 saturated heterocycles. The quantitative estimate of drug-likeness (QED) is 0.881. The second-order valence-electron chi connectivity index (χ2n) is 4.44. The smallest absolute Gasteiger partial charge is 0.348 e. The Morgan fingerprint density at radius 1 is 1.20 bits per heavy atom. The number of rotatable bonds is 3. The zero-order valence-corrected chi connectivity index (χ0v) is 12.3. The topological polar surface area (TPSA) is 55.4 Å². The Morgan fingerprint density at radius 3 is 2.60 bits per heavy atom. The van der Waals surface area contributed by atoms with E-state index >= 15 is 0 Å². The van der Waals surface area contributed by atoms with Gasteiger partial charge < -0.3 is 10.1 Å². The molecule has 0 aliphatic heterocycles. The van der Waals surface area contributed by atoms with Crippen LogP contribution in [0.3, 0.4) is 0 Å². The van der Waals surface area contributed by atoms with Gasteiger partial charge in [0.2, 0.25) is 0 Å². The van der Waals surface area contributed by atoms with Crippen LogP contribution in [0.2, 0.25) is 0 Å². The van der Waals surface area contributed by atoms with Crippen molar-refractivity contribution in [1.29, 1.82) is 0 Å². The van der Waals surface area contributed by atoms with Crippen molar-refractivity contribution in [1.82, 2.24) is 0 Å². The lowest BCUT2D eigenvalue weighted by Gasteiger charge is -2.03. The average Bonchev–Trinajstić information content (AvgIpc) is 2.78. The summed E-state index contributed by atoms with van der Waals surface area (Å²) in [4.78, 5) is 24.1. The highest BCUT2D eigenvalue weighted by atomic mass is 32.1. The summed E-state index contributed by atoms with van der Waals surface area (Å²) in [6, 6.07) is 9.11. The minimum atomic E-state index is -0.386. The first-order chi connectivity index (χ1) is 9.51. The Kier molecular flexibility index (Phi) is 4.20. The van der Waals surface area contributed by atoms with Gasteiger partial charge in [0.25, 0.3) is 5.91 Å². The monoisotopic (exact) mass is 289 g/mol. The molecule has 0 unspecified atom stereocenters. The summed E-state index contributed by atoms with van der Waals surface area (Å²) in [7, 11) is 1.34. The maximum Gasteiger partial charge on any atom is 0.348 e. The van der Waals surface area contributed by atoms with Crippen LogP contribution in [0.25, 0.3) is 0 Å². The number of carbonyl (C=O) groups excluding carboxylic acids is 2. The SMILES string of the molecule is COC(=O)c1sc(NC(=O)c2cccc(C)c2)cc1C. The number of hydrogen-bond donors (Lipinski definition) is 1. The van der Waals surface area contributed by atoms with E-state index in [4.69, 9.17) is 4.74 Å². The highest BCUT2D eigenvalue weighted by Crippen LogP contribution is 2.27. The van der Waals surface area contributed by atoms with Crippen molar-refractivity contribution in [3.63, 3.8) is 0 Å². The van der Waals surface area contributed by atoms with Gasteiger partial charge >= 0.3 is 5.97 Å². The first-order valence-corrected chi connectivity index (χ1v) is 6.89. The van der Waals surface area contributed by atoms with Crippen molar-refractivity contribution in [3.05, 3.63) is 51.9 Å². The predicted molar refractivity (Wildman–Crippen MR) is 79.5 cm³/mol. The zero-order valence-electron chi connectivity index (χ0n) is 11.5. The van der Waals surface area contributed by atoms with Crippen molar-refractivity contribution >= 4 is 28.2 Å². The highest BCUT2D eigenvalue weighted by Gasteiger charge is 2.15. The zero-order chi connectivity index (χ0) is 14.7. The normalized spacial score (nSPS) is 10.2. The molecule has 0 aliphatic carbocycles. The first-order valence-electron chi connectivity index (χ1n) is 6.08. The Bertz CT molecular complexity index is 661. The third-order valence-corrected chi connectivity index (χ3v) is 3.94.